The molecule has 2 aliphatic rings. The monoisotopic (exact) mass is 599 g/mol. The van der Waals surface area contributed by atoms with Crippen LogP contribution in [0.15, 0.2) is 25.3 Å². The van der Waals surface area contributed by atoms with Gasteiger partial charge in [-0.1, -0.05) is 32.9 Å². The number of alkyl halides is 2. The second kappa shape index (κ2) is 12.9. The van der Waals surface area contributed by atoms with Crippen LogP contribution in [0, 0.1) is 17.3 Å². The van der Waals surface area contributed by atoms with Crippen LogP contribution in [0.1, 0.15) is 60.8 Å². The molecule has 0 radical (unpaired) electrons. The van der Waals surface area contributed by atoms with E-state index < -0.39 is 68.9 Å². The highest BCUT2D eigenvalue weighted by atomic mass is 35.5. The summed E-state index contributed by atoms with van der Waals surface area (Å²) in [6.07, 6.45) is 4.18. The van der Waals surface area contributed by atoms with Crippen molar-refractivity contribution in [3.63, 3.8) is 0 Å². The molecule has 0 aromatic carbocycles. The topological polar surface area (TPSA) is 137 Å². The third-order valence-corrected chi connectivity index (χ3v) is 7.98. The van der Waals surface area contributed by atoms with Gasteiger partial charge in [0.15, 0.2) is 0 Å². The summed E-state index contributed by atoms with van der Waals surface area (Å²) in [5, 5.41) is 10.7. The van der Waals surface area contributed by atoms with Crippen LogP contribution in [-0.4, -0.2) is 75.5 Å². The van der Waals surface area contributed by atoms with Crippen molar-refractivity contribution in [1.82, 2.24) is 26.2 Å². The van der Waals surface area contributed by atoms with E-state index in [9.17, 15) is 24.0 Å². The first-order chi connectivity index (χ1) is 18.4. The molecule has 0 spiro atoms. The number of likely N-dealkylation sites (tertiary alicyclic amines) is 1. The SMILES string of the molecule is C=CCCNC(=O)C(=O)C(CCC=C)NC(=O)[C@@H]1[C@@H]2[C@H](CN1C(=O)C(NC(=O)NC(C)(C)C)C(C)(C)C)C2(Cl)Cl. The first-order valence-corrected chi connectivity index (χ1v) is 14.2. The number of hydrogen-bond donors (Lipinski definition) is 4. The van der Waals surface area contributed by atoms with Gasteiger partial charge in [-0.3, -0.25) is 19.2 Å². The maximum absolute atomic E-state index is 13.9. The Morgan fingerprint density at radius 1 is 1.00 bits per heavy atom. The number of Topliss-reactive ketones (excluding diaryl/α,β-unsaturated/α-hetero) is 1. The van der Waals surface area contributed by atoms with Crippen LogP contribution in [0.5, 0.6) is 0 Å². The Kier molecular flexibility index (Phi) is 10.9. The van der Waals surface area contributed by atoms with Gasteiger partial charge in [-0.25, -0.2) is 4.79 Å². The van der Waals surface area contributed by atoms with Gasteiger partial charge in [-0.2, -0.15) is 0 Å². The molecule has 4 N–H and O–H groups in total. The number of carbonyl (C=O) groups is 5. The Morgan fingerprint density at radius 3 is 2.12 bits per heavy atom. The molecule has 0 aromatic rings. The molecule has 1 aliphatic carbocycles. The lowest BCUT2D eigenvalue weighted by atomic mass is 9.85. The van der Waals surface area contributed by atoms with Crippen LogP contribution in [0.3, 0.4) is 0 Å². The van der Waals surface area contributed by atoms with Crippen molar-refractivity contribution >= 4 is 52.7 Å². The number of carbonyl (C=O) groups excluding carboxylic acids is 5. The number of rotatable bonds is 12. The van der Waals surface area contributed by atoms with Gasteiger partial charge in [0.05, 0.1) is 6.04 Å². The van der Waals surface area contributed by atoms with Crippen molar-refractivity contribution < 1.29 is 24.0 Å². The summed E-state index contributed by atoms with van der Waals surface area (Å²) >= 11 is 12.9. The molecule has 2 unspecified atom stereocenters. The first kappa shape index (κ1) is 33.6. The molecule has 12 heteroatoms. The summed E-state index contributed by atoms with van der Waals surface area (Å²) in [4.78, 5) is 67.0. The molecule has 2 rings (SSSR count). The van der Waals surface area contributed by atoms with Crippen molar-refractivity contribution in [3.8, 4) is 0 Å². The number of allylic oxidation sites excluding steroid dienone is 1. The number of hydrogen-bond acceptors (Lipinski definition) is 5. The molecule has 5 amide bonds. The van der Waals surface area contributed by atoms with Crippen LogP contribution in [0.25, 0.3) is 0 Å². The van der Waals surface area contributed by atoms with Crippen molar-refractivity contribution in [2.24, 2.45) is 17.3 Å². The third kappa shape index (κ3) is 8.22. The fourth-order valence-corrected chi connectivity index (χ4v) is 5.63. The average Bonchev–Trinajstić information content (AvgIpc) is 3.15. The van der Waals surface area contributed by atoms with Crippen molar-refractivity contribution in [3.05, 3.63) is 25.3 Å². The quantitative estimate of drug-likeness (QED) is 0.118. The van der Waals surface area contributed by atoms with E-state index in [0.717, 1.165) is 0 Å². The number of nitrogens with zero attached hydrogens (tertiary/aromatic N) is 1. The second-order valence-electron chi connectivity index (χ2n) is 12.5. The van der Waals surface area contributed by atoms with E-state index in [1.807, 2.05) is 20.8 Å². The Morgan fingerprint density at radius 2 is 1.60 bits per heavy atom. The highest BCUT2D eigenvalue weighted by Gasteiger charge is 2.74. The van der Waals surface area contributed by atoms with Gasteiger partial charge in [-0.05, 0) is 45.4 Å². The van der Waals surface area contributed by atoms with E-state index in [-0.39, 0.29) is 25.4 Å². The van der Waals surface area contributed by atoms with E-state index in [0.29, 0.717) is 12.8 Å². The zero-order valence-corrected chi connectivity index (χ0v) is 25.7. The summed E-state index contributed by atoms with van der Waals surface area (Å²) in [5.74, 6) is -3.67. The van der Waals surface area contributed by atoms with Gasteiger partial charge in [0, 0.05) is 30.5 Å². The molecule has 10 nitrogen and oxygen atoms in total. The molecule has 224 valence electrons. The lowest BCUT2D eigenvalue weighted by Gasteiger charge is -2.38. The van der Waals surface area contributed by atoms with E-state index in [2.05, 4.69) is 34.4 Å². The Balaban J connectivity index is 2.30. The Hall–Kier alpha value is -2.59. The summed E-state index contributed by atoms with van der Waals surface area (Å²) in [7, 11) is 0. The smallest absolute Gasteiger partial charge is 0.315 e. The number of halogens is 2. The number of amides is 5. The lowest BCUT2D eigenvalue weighted by Crippen LogP contribution is -2.62. The lowest BCUT2D eigenvalue weighted by molar-refractivity contribution is -0.144. The van der Waals surface area contributed by atoms with Crippen LogP contribution in [-0.2, 0) is 19.2 Å². The maximum Gasteiger partial charge on any atom is 0.315 e. The zero-order valence-electron chi connectivity index (χ0n) is 24.2. The summed E-state index contributed by atoms with van der Waals surface area (Å²) in [6.45, 7) is 18.4. The van der Waals surface area contributed by atoms with E-state index in [1.54, 1.807) is 32.9 Å². The molecule has 1 heterocycles. The predicted octanol–water partition coefficient (Wildman–Crippen LogP) is 2.84. The van der Waals surface area contributed by atoms with Crippen molar-refractivity contribution in [2.45, 2.75) is 88.8 Å². The van der Waals surface area contributed by atoms with Crippen molar-refractivity contribution in [1.29, 1.82) is 0 Å². The van der Waals surface area contributed by atoms with Crippen LogP contribution in [0.4, 0.5) is 4.79 Å². The molecule has 1 saturated heterocycles. The van der Waals surface area contributed by atoms with Crippen LogP contribution in [0.2, 0.25) is 0 Å². The van der Waals surface area contributed by atoms with E-state index >= 15 is 0 Å². The summed E-state index contributed by atoms with van der Waals surface area (Å²) in [6, 6.07) is -3.73. The zero-order chi connectivity index (χ0) is 30.6. The fraction of sp³-hybridized carbons (Fsp3) is 0.679. The van der Waals surface area contributed by atoms with E-state index in [1.165, 1.54) is 4.90 Å². The van der Waals surface area contributed by atoms with Gasteiger partial charge in [0.1, 0.15) is 16.4 Å². The van der Waals surface area contributed by atoms with E-state index in [4.69, 9.17) is 23.2 Å². The van der Waals surface area contributed by atoms with Crippen LogP contribution < -0.4 is 21.3 Å². The number of piperidine rings is 1. The largest absolute Gasteiger partial charge is 0.349 e. The van der Waals surface area contributed by atoms with Gasteiger partial charge in [0.2, 0.25) is 17.6 Å². The number of nitrogens with one attached hydrogen (secondary N) is 4. The minimum Gasteiger partial charge on any atom is -0.349 e. The molecule has 0 aromatic heterocycles. The molecule has 2 fully saturated rings. The average molecular weight is 601 g/mol. The molecule has 1 saturated carbocycles. The Labute approximate surface area is 247 Å². The minimum absolute atomic E-state index is 0.108. The van der Waals surface area contributed by atoms with Gasteiger partial charge >= 0.3 is 6.03 Å². The molecular formula is C28H43Cl2N5O5. The molecule has 40 heavy (non-hydrogen) atoms. The molecular weight excluding hydrogens is 557 g/mol. The predicted molar refractivity (Wildman–Crippen MR) is 156 cm³/mol. The molecule has 5 atom stereocenters. The fourth-order valence-electron chi connectivity index (χ4n) is 4.80. The van der Waals surface area contributed by atoms with Crippen molar-refractivity contribution in [2.75, 3.05) is 13.1 Å². The normalized spacial score (nSPS) is 22.7. The number of urea groups is 1. The standard InChI is InChI=1S/C28H43Cl2N5O5/c1-9-11-13-17(20(36)23(38)31-14-12-10-2)32-22(37)19-18-16(28(18,29)30)15-35(19)24(39)21(26(3,4)5)33-25(40)34-27(6,7)8/h9-10,16-19,21H,1-2,11-15H2,3-8H3,(H,31,38)(H,32,37)(H2,33,34,40)/t16-,17?,18-,19-,21?/m0/s1. The highest BCUT2D eigenvalue weighted by molar-refractivity contribution is 6.51. The number of fused-ring (bicyclic) bond motifs is 1. The summed E-state index contributed by atoms with van der Waals surface area (Å²) < 4.78 is -1.21. The molecule has 0 bridgehead atoms. The molecule has 1 aliphatic heterocycles. The number of ketones is 1. The van der Waals surface area contributed by atoms with Crippen LogP contribution >= 0.6 is 23.2 Å². The van der Waals surface area contributed by atoms with Gasteiger partial charge in [-0.15, -0.1) is 36.4 Å². The highest BCUT2D eigenvalue weighted by Crippen LogP contribution is 2.65. The minimum atomic E-state index is -1.21. The maximum atomic E-state index is 13.9. The second-order valence-corrected chi connectivity index (χ2v) is 14.0. The third-order valence-electron chi connectivity index (χ3n) is 6.91. The van der Waals surface area contributed by atoms with Gasteiger partial charge < -0.3 is 26.2 Å². The Bertz CT molecular complexity index is 1030. The van der Waals surface area contributed by atoms with Gasteiger partial charge in [0.25, 0.3) is 5.91 Å². The first-order valence-electron chi connectivity index (χ1n) is 13.5. The summed E-state index contributed by atoms with van der Waals surface area (Å²) in [5.41, 5.74) is -1.24.